The zero-order valence-corrected chi connectivity index (χ0v) is 20.6. The fourth-order valence-corrected chi connectivity index (χ4v) is 4.62. The minimum Gasteiger partial charge on any atom is -0.315 e. The predicted octanol–water partition coefficient (Wildman–Crippen LogP) is 4.78. The summed E-state index contributed by atoms with van der Waals surface area (Å²) in [6.07, 6.45) is 5.23. The highest BCUT2D eigenvalue weighted by atomic mass is 35.5. The lowest BCUT2D eigenvalue weighted by molar-refractivity contribution is 0.0968. The number of halogens is 2. The molecule has 1 aliphatic heterocycles. The van der Waals surface area contributed by atoms with Crippen LogP contribution in [0.5, 0.6) is 0 Å². The van der Waals surface area contributed by atoms with Crippen molar-refractivity contribution < 1.29 is 9.18 Å². The number of carbonyl (C=O) groups excluding carboxylic acids is 1. The standard InChI is InChI=1S/C26H27FN6O.ClH/c1-3-32-16-23(30-31-32)19-9-10-21(22(27)14-19)26(34)33(20-8-5-12-28-15-20)25-24-17(2)6-4-7-18(24)11-13-29-25;/h4,6-7,9-11,13-14,16,20,28H,3,5,8,12,15H2,1-2H3;1H/t20-;/m1./s1. The molecule has 0 unspecified atom stereocenters. The second-order valence-electron chi connectivity index (χ2n) is 8.64. The van der Waals surface area contributed by atoms with Crippen LogP contribution in [0.1, 0.15) is 35.7 Å². The lowest BCUT2D eigenvalue weighted by atomic mass is 10.0. The summed E-state index contributed by atoms with van der Waals surface area (Å²) in [4.78, 5) is 20.2. The molecular formula is C26H28ClFN6O. The topological polar surface area (TPSA) is 75.9 Å². The zero-order valence-electron chi connectivity index (χ0n) is 19.7. The van der Waals surface area contributed by atoms with Gasteiger partial charge in [-0.2, -0.15) is 0 Å². The smallest absolute Gasteiger partial charge is 0.262 e. The number of pyridine rings is 1. The molecule has 35 heavy (non-hydrogen) atoms. The van der Waals surface area contributed by atoms with Crippen LogP contribution >= 0.6 is 12.4 Å². The highest BCUT2D eigenvalue weighted by Gasteiger charge is 2.31. The van der Waals surface area contributed by atoms with Crippen LogP contribution in [0.2, 0.25) is 0 Å². The van der Waals surface area contributed by atoms with E-state index in [1.165, 1.54) is 6.07 Å². The number of hydrogen-bond donors (Lipinski definition) is 1. The summed E-state index contributed by atoms with van der Waals surface area (Å²) in [5, 5.41) is 13.4. The monoisotopic (exact) mass is 494 g/mol. The Bertz CT molecular complexity index is 1350. The molecule has 0 saturated carbocycles. The lowest BCUT2D eigenvalue weighted by Gasteiger charge is -2.35. The van der Waals surface area contributed by atoms with E-state index < -0.39 is 11.7 Å². The van der Waals surface area contributed by atoms with E-state index in [0.29, 0.717) is 30.2 Å². The highest BCUT2D eigenvalue weighted by molar-refractivity contribution is 6.11. The van der Waals surface area contributed by atoms with Gasteiger partial charge in [0.15, 0.2) is 0 Å². The van der Waals surface area contributed by atoms with E-state index in [1.807, 2.05) is 38.1 Å². The molecule has 1 amide bonds. The zero-order chi connectivity index (χ0) is 23.7. The van der Waals surface area contributed by atoms with Gasteiger partial charge in [0.1, 0.15) is 17.3 Å². The number of rotatable bonds is 5. The lowest BCUT2D eigenvalue weighted by Crippen LogP contribution is -2.49. The van der Waals surface area contributed by atoms with Gasteiger partial charge < -0.3 is 5.32 Å². The highest BCUT2D eigenvalue weighted by Crippen LogP contribution is 2.32. The molecule has 2 aromatic carbocycles. The minimum atomic E-state index is -0.584. The number of aryl methyl sites for hydroxylation is 2. The molecule has 0 radical (unpaired) electrons. The molecule has 1 aliphatic rings. The minimum absolute atomic E-state index is 0. The number of fused-ring (bicyclic) bond motifs is 1. The van der Waals surface area contributed by atoms with E-state index in [0.717, 1.165) is 35.7 Å². The number of aromatic nitrogens is 4. The van der Waals surface area contributed by atoms with Gasteiger partial charge in [-0.3, -0.25) is 14.4 Å². The van der Waals surface area contributed by atoms with Crippen molar-refractivity contribution in [2.75, 3.05) is 18.0 Å². The van der Waals surface area contributed by atoms with Crippen molar-refractivity contribution >= 4 is 34.9 Å². The third kappa shape index (κ3) is 4.76. The summed E-state index contributed by atoms with van der Waals surface area (Å²) in [5.41, 5.74) is 2.19. The van der Waals surface area contributed by atoms with Crippen molar-refractivity contribution in [1.82, 2.24) is 25.3 Å². The molecule has 1 saturated heterocycles. The first-order valence-corrected chi connectivity index (χ1v) is 11.7. The van der Waals surface area contributed by atoms with Gasteiger partial charge >= 0.3 is 0 Å². The van der Waals surface area contributed by atoms with Crippen LogP contribution in [0.25, 0.3) is 22.0 Å². The van der Waals surface area contributed by atoms with Gasteiger partial charge in [0.05, 0.1) is 17.8 Å². The summed E-state index contributed by atoms with van der Waals surface area (Å²) in [7, 11) is 0. The molecule has 0 spiro atoms. The molecule has 0 bridgehead atoms. The Labute approximate surface area is 209 Å². The number of anilines is 1. The quantitative estimate of drug-likeness (QED) is 0.432. The van der Waals surface area contributed by atoms with Gasteiger partial charge in [0.2, 0.25) is 0 Å². The third-order valence-corrected chi connectivity index (χ3v) is 6.42. The molecule has 1 fully saturated rings. The number of carbonyl (C=O) groups is 1. The number of nitrogens with zero attached hydrogens (tertiary/aromatic N) is 5. The van der Waals surface area contributed by atoms with Crippen molar-refractivity contribution in [2.24, 2.45) is 0 Å². The average molecular weight is 495 g/mol. The summed E-state index contributed by atoms with van der Waals surface area (Å²) < 4.78 is 17.1. The number of benzene rings is 2. The van der Waals surface area contributed by atoms with Gasteiger partial charge in [-0.15, -0.1) is 17.5 Å². The van der Waals surface area contributed by atoms with Crippen LogP contribution in [-0.4, -0.2) is 45.0 Å². The van der Waals surface area contributed by atoms with Crippen molar-refractivity contribution in [3.63, 3.8) is 0 Å². The van der Waals surface area contributed by atoms with Crippen molar-refractivity contribution in [3.8, 4) is 11.3 Å². The van der Waals surface area contributed by atoms with E-state index in [1.54, 1.807) is 34.1 Å². The molecule has 0 aliphatic carbocycles. The average Bonchev–Trinajstić information content (AvgIpc) is 3.34. The molecule has 2 aromatic heterocycles. The normalized spacial score (nSPS) is 15.6. The summed E-state index contributed by atoms with van der Waals surface area (Å²) >= 11 is 0. The Balaban J connectivity index is 0.00000289. The largest absolute Gasteiger partial charge is 0.315 e. The fraction of sp³-hybridized carbons (Fsp3) is 0.308. The Morgan fingerprint density at radius 1 is 1.26 bits per heavy atom. The summed E-state index contributed by atoms with van der Waals surface area (Å²) in [6.45, 7) is 6.18. The first-order valence-electron chi connectivity index (χ1n) is 11.7. The van der Waals surface area contributed by atoms with Crippen LogP contribution in [0, 0.1) is 12.7 Å². The van der Waals surface area contributed by atoms with Crippen LogP contribution in [0.3, 0.4) is 0 Å². The summed E-state index contributed by atoms with van der Waals surface area (Å²) in [5.74, 6) is -0.402. The predicted molar refractivity (Wildman–Crippen MR) is 138 cm³/mol. The first kappa shape index (κ1) is 24.8. The van der Waals surface area contributed by atoms with Gasteiger partial charge in [-0.25, -0.2) is 9.37 Å². The van der Waals surface area contributed by atoms with E-state index in [9.17, 15) is 4.79 Å². The Morgan fingerprint density at radius 3 is 2.83 bits per heavy atom. The van der Waals surface area contributed by atoms with Gasteiger partial charge in [-0.05, 0) is 62.4 Å². The first-order chi connectivity index (χ1) is 16.6. The van der Waals surface area contributed by atoms with Gasteiger partial charge in [-0.1, -0.05) is 29.5 Å². The second kappa shape index (κ2) is 10.5. The Hall–Kier alpha value is -3.36. The molecular weight excluding hydrogens is 467 g/mol. The fourth-order valence-electron chi connectivity index (χ4n) is 4.62. The van der Waals surface area contributed by atoms with Gasteiger partial charge in [0, 0.05) is 30.2 Å². The van der Waals surface area contributed by atoms with E-state index in [-0.39, 0.29) is 24.0 Å². The molecule has 4 aromatic rings. The number of amides is 1. The maximum absolute atomic E-state index is 15.4. The Morgan fingerprint density at radius 2 is 2.11 bits per heavy atom. The maximum Gasteiger partial charge on any atom is 0.262 e. The molecule has 7 nitrogen and oxygen atoms in total. The number of hydrogen-bond acceptors (Lipinski definition) is 5. The molecule has 5 rings (SSSR count). The molecule has 9 heteroatoms. The molecule has 3 heterocycles. The van der Waals surface area contributed by atoms with E-state index in [2.05, 4.69) is 20.6 Å². The Kier molecular flexibility index (Phi) is 7.42. The van der Waals surface area contributed by atoms with E-state index >= 15 is 4.39 Å². The second-order valence-corrected chi connectivity index (χ2v) is 8.64. The number of piperidine rings is 1. The summed E-state index contributed by atoms with van der Waals surface area (Å²) in [6, 6.07) is 12.4. The van der Waals surface area contributed by atoms with Crippen LogP contribution in [-0.2, 0) is 6.54 Å². The van der Waals surface area contributed by atoms with E-state index in [4.69, 9.17) is 0 Å². The molecule has 182 valence electrons. The number of nitrogens with one attached hydrogen (secondary N) is 1. The molecule has 1 atom stereocenters. The third-order valence-electron chi connectivity index (χ3n) is 6.42. The molecule has 1 N–H and O–H groups in total. The SMILES string of the molecule is CCn1cc(-c2ccc(C(=O)N(c3nccc4cccc(C)c34)[C@@H]3CCCNC3)c(F)c2)nn1.Cl. The van der Waals surface area contributed by atoms with Gasteiger partial charge in [0.25, 0.3) is 5.91 Å². The van der Waals surface area contributed by atoms with Crippen molar-refractivity contribution in [1.29, 1.82) is 0 Å². The van der Waals surface area contributed by atoms with Crippen molar-refractivity contribution in [2.45, 2.75) is 39.3 Å². The van der Waals surface area contributed by atoms with Crippen LogP contribution < -0.4 is 10.2 Å². The van der Waals surface area contributed by atoms with Crippen molar-refractivity contribution in [3.05, 3.63) is 71.8 Å². The maximum atomic E-state index is 15.4. The van der Waals surface area contributed by atoms with Crippen LogP contribution in [0.15, 0.2) is 54.9 Å². The van der Waals surface area contributed by atoms with Crippen LogP contribution in [0.4, 0.5) is 10.2 Å².